The smallest absolute Gasteiger partial charge is 0.339 e. The number of aromatic nitrogens is 2. The molecule has 0 aliphatic heterocycles. The number of rotatable bonds is 4. The van der Waals surface area contributed by atoms with E-state index in [1.807, 2.05) is 0 Å². The molecule has 2 rings (SSSR count). The Hall–Kier alpha value is -2.63. The van der Waals surface area contributed by atoms with E-state index in [0.717, 1.165) is 0 Å². The van der Waals surface area contributed by atoms with Crippen LogP contribution in [0, 0.1) is 0 Å². The van der Waals surface area contributed by atoms with Gasteiger partial charge in [-0.15, -0.1) is 0 Å². The molecule has 6 heteroatoms. The number of methoxy groups -OCH3 is 2. The molecule has 1 heterocycles. The van der Waals surface area contributed by atoms with Crippen LogP contribution in [0.1, 0.15) is 10.4 Å². The van der Waals surface area contributed by atoms with Crippen LogP contribution in [0.3, 0.4) is 0 Å². The predicted molar refractivity (Wildman–Crippen MR) is 69.6 cm³/mol. The first-order valence-electron chi connectivity index (χ1n) is 5.54. The molecule has 0 aliphatic carbocycles. The van der Waals surface area contributed by atoms with Crippen molar-refractivity contribution < 1.29 is 14.3 Å². The van der Waals surface area contributed by atoms with Gasteiger partial charge in [0.1, 0.15) is 11.6 Å². The average Bonchev–Trinajstić information content (AvgIpc) is 2.47. The van der Waals surface area contributed by atoms with E-state index in [4.69, 9.17) is 9.47 Å². The highest BCUT2D eigenvalue weighted by Crippen LogP contribution is 2.25. The summed E-state index contributed by atoms with van der Waals surface area (Å²) in [5, 5.41) is 3.01. The van der Waals surface area contributed by atoms with Crippen molar-refractivity contribution in [3.63, 3.8) is 0 Å². The fourth-order valence-electron chi connectivity index (χ4n) is 1.54. The van der Waals surface area contributed by atoms with E-state index in [1.165, 1.54) is 7.11 Å². The summed E-state index contributed by atoms with van der Waals surface area (Å²) in [7, 11) is 2.89. The largest absolute Gasteiger partial charge is 0.497 e. The van der Waals surface area contributed by atoms with Crippen molar-refractivity contribution in [3.05, 3.63) is 42.4 Å². The van der Waals surface area contributed by atoms with Gasteiger partial charge in [-0.2, -0.15) is 0 Å². The van der Waals surface area contributed by atoms with Gasteiger partial charge in [-0.1, -0.05) is 0 Å². The lowest BCUT2D eigenvalue weighted by atomic mass is 10.1. The van der Waals surface area contributed by atoms with Crippen LogP contribution in [0.5, 0.6) is 5.75 Å². The molecule has 0 atom stereocenters. The van der Waals surface area contributed by atoms with Crippen LogP contribution in [-0.4, -0.2) is 30.2 Å². The summed E-state index contributed by atoms with van der Waals surface area (Å²) < 4.78 is 9.87. The van der Waals surface area contributed by atoms with E-state index in [1.54, 1.807) is 43.9 Å². The van der Waals surface area contributed by atoms with Crippen molar-refractivity contribution in [1.82, 2.24) is 9.97 Å². The summed E-state index contributed by atoms with van der Waals surface area (Å²) >= 11 is 0. The van der Waals surface area contributed by atoms with Gasteiger partial charge >= 0.3 is 5.97 Å². The molecule has 0 bridgehead atoms. The predicted octanol–water partition coefficient (Wildman–Crippen LogP) is 2.02. The zero-order valence-corrected chi connectivity index (χ0v) is 10.6. The van der Waals surface area contributed by atoms with Crippen LogP contribution < -0.4 is 10.1 Å². The summed E-state index contributed by atoms with van der Waals surface area (Å²) in [4.78, 5) is 19.7. The zero-order valence-electron chi connectivity index (χ0n) is 10.6. The lowest BCUT2D eigenvalue weighted by Crippen LogP contribution is -2.06. The topological polar surface area (TPSA) is 73.3 Å². The van der Waals surface area contributed by atoms with Gasteiger partial charge in [-0.05, 0) is 12.1 Å². The van der Waals surface area contributed by atoms with Gasteiger partial charge in [0.15, 0.2) is 0 Å². The number of nitrogens with one attached hydrogen (secondary N) is 1. The highest BCUT2D eigenvalue weighted by Gasteiger charge is 2.13. The van der Waals surface area contributed by atoms with E-state index < -0.39 is 5.97 Å². The molecule has 0 saturated heterocycles. The number of carbonyl (C=O) groups is 1. The number of esters is 1. The fourth-order valence-corrected chi connectivity index (χ4v) is 1.54. The summed E-state index contributed by atoms with van der Waals surface area (Å²) in [6.45, 7) is 0. The molecule has 1 aromatic heterocycles. The maximum Gasteiger partial charge on any atom is 0.339 e. The molecular formula is C13H13N3O3. The lowest BCUT2D eigenvalue weighted by molar-refractivity contribution is 0.0602. The second kappa shape index (κ2) is 5.81. The number of nitrogens with zero attached hydrogens (tertiary/aromatic N) is 2. The highest BCUT2D eigenvalue weighted by atomic mass is 16.5. The molecule has 0 aliphatic rings. The van der Waals surface area contributed by atoms with Crippen LogP contribution in [0.2, 0.25) is 0 Å². The molecule has 0 fully saturated rings. The second-order valence-electron chi connectivity index (χ2n) is 3.62. The van der Waals surface area contributed by atoms with Crippen LogP contribution in [0.25, 0.3) is 0 Å². The molecule has 2 aromatic rings. The molecule has 0 spiro atoms. The van der Waals surface area contributed by atoms with Gasteiger partial charge in [0.25, 0.3) is 0 Å². The first-order valence-corrected chi connectivity index (χ1v) is 5.54. The Kier molecular flexibility index (Phi) is 3.92. The number of benzene rings is 1. The summed E-state index contributed by atoms with van der Waals surface area (Å²) in [5.74, 6) is 0.717. The lowest BCUT2D eigenvalue weighted by Gasteiger charge is -2.11. The summed E-state index contributed by atoms with van der Waals surface area (Å²) in [6, 6.07) is 5.01. The monoisotopic (exact) mass is 259 g/mol. The number of hydrogen-bond acceptors (Lipinski definition) is 6. The van der Waals surface area contributed by atoms with Crippen LogP contribution in [-0.2, 0) is 4.74 Å². The van der Waals surface area contributed by atoms with Gasteiger partial charge in [0.2, 0.25) is 0 Å². The highest BCUT2D eigenvalue weighted by molar-refractivity contribution is 5.96. The number of ether oxygens (including phenoxy) is 2. The third-order valence-corrected chi connectivity index (χ3v) is 2.46. The Labute approximate surface area is 110 Å². The minimum absolute atomic E-state index is 0.397. The minimum atomic E-state index is -0.436. The van der Waals surface area contributed by atoms with Crippen LogP contribution in [0.15, 0.2) is 36.8 Å². The zero-order chi connectivity index (χ0) is 13.7. The van der Waals surface area contributed by atoms with Crippen molar-refractivity contribution in [1.29, 1.82) is 0 Å². The molecule has 0 unspecified atom stereocenters. The number of anilines is 2. The fraction of sp³-hybridized carbons (Fsp3) is 0.154. The summed E-state index contributed by atoms with van der Waals surface area (Å²) in [5.41, 5.74) is 0.945. The van der Waals surface area contributed by atoms with Crippen molar-refractivity contribution in [2.45, 2.75) is 0 Å². The standard InChI is InChI=1S/C13H13N3O3/c1-18-9-3-4-10(13(17)19-2)11(7-9)16-12-8-14-5-6-15-12/h3-8H,1-2H3,(H,15,16). The summed E-state index contributed by atoms with van der Waals surface area (Å²) in [6.07, 6.45) is 4.68. The third kappa shape index (κ3) is 2.98. The second-order valence-corrected chi connectivity index (χ2v) is 3.62. The SMILES string of the molecule is COC(=O)c1ccc(OC)cc1Nc1cnccn1. The van der Waals surface area contributed by atoms with Crippen molar-refractivity contribution in [3.8, 4) is 5.75 Å². The molecule has 0 radical (unpaired) electrons. The van der Waals surface area contributed by atoms with Crippen LogP contribution in [0.4, 0.5) is 11.5 Å². The first kappa shape index (κ1) is 12.8. The Morgan fingerprint density at radius 3 is 2.74 bits per heavy atom. The molecule has 1 aromatic carbocycles. The first-order chi connectivity index (χ1) is 9.24. The average molecular weight is 259 g/mol. The van der Waals surface area contributed by atoms with Crippen molar-refractivity contribution in [2.24, 2.45) is 0 Å². The van der Waals surface area contributed by atoms with E-state index in [-0.39, 0.29) is 0 Å². The molecule has 98 valence electrons. The van der Waals surface area contributed by atoms with Gasteiger partial charge in [-0.25, -0.2) is 9.78 Å². The molecule has 1 N–H and O–H groups in total. The quantitative estimate of drug-likeness (QED) is 0.847. The van der Waals surface area contributed by atoms with Crippen molar-refractivity contribution >= 4 is 17.5 Å². The van der Waals surface area contributed by atoms with E-state index in [0.29, 0.717) is 22.8 Å². The Bertz CT molecular complexity index is 573. The Morgan fingerprint density at radius 1 is 1.26 bits per heavy atom. The van der Waals surface area contributed by atoms with E-state index in [2.05, 4.69) is 15.3 Å². The minimum Gasteiger partial charge on any atom is -0.497 e. The molecule has 0 saturated carbocycles. The maximum absolute atomic E-state index is 11.7. The maximum atomic E-state index is 11.7. The Morgan fingerprint density at radius 2 is 2.11 bits per heavy atom. The third-order valence-electron chi connectivity index (χ3n) is 2.46. The van der Waals surface area contributed by atoms with Gasteiger partial charge in [0.05, 0.1) is 31.7 Å². The Balaban J connectivity index is 2.38. The van der Waals surface area contributed by atoms with E-state index >= 15 is 0 Å². The number of hydrogen-bond donors (Lipinski definition) is 1. The molecule has 0 amide bonds. The molecular weight excluding hydrogens is 246 g/mol. The van der Waals surface area contributed by atoms with Crippen molar-refractivity contribution in [2.75, 3.05) is 19.5 Å². The number of carbonyl (C=O) groups excluding carboxylic acids is 1. The normalized spacial score (nSPS) is 9.79. The van der Waals surface area contributed by atoms with Gasteiger partial charge in [0, 0.05) is 18.5 Å². The van der Waals surface area contributed by atoms with Crippen LogP contribution >= 0.6 is 0 Å². The molecule has 19 heavy (non-hydrogen) atoms. The molecule has 6 nitrogen and oxygen atoms in total. The van der Waals surface area contributed by atoms with Gasteiger partial charge < -0.3 is 14.8 Å². The van der Waals surface area contributed by atoms with Gasteiger partial charge in [-0.3, -0.25) is 4.98 Å². The van der Waals surface area contributed by atoms with E-state index in [9.17, 15) is 4.79 Å².